The number of thiol groups is 1. The molecular weight excluding hydrogens is 619 g/mol. The van der Waals surface area contributed by atoms with Gasteiger partial charge in [0.15, 0.2) is 8.32 Å². The fraction of sp³-hybridized carbons (Fsp3) is 0.387. The largest absolute Gasteiger partial charge is 0.413 e. The normalized spacial score (nSPS) is 21.0. The predicted octanol–water partition coefficient (Wildman–Crippen LogP) is 7.79. The molecule has 1 amide bonds. The zero-order valence-electron chi connectivity index (χ0n) is 25.0. The fourth-order valence-electron chi connectivity index (χ4n) is 5.43. The van der Waals surface area contributed by atoms with E-state index in [4.69, 9.17) is 9.41 Å². The molecule has 3 aromatic rings. The first-order chi connectivity index (χ1) is 20.2. The van der Waals surface area contributed by atoms with Gasteiger partial charge in [0.05, 0.1) is 27.5 Å². The standard InChI is InChI=1S/C31H35N3O5S3Si/c1-7-23(39-43(5,6)30(2,3)4)24-28(35)33-25(29(36)40)26(27-32-22(18-41-27)20-11-9-8-10-12-20)42-31(24,33)17-19-13-15-21(16-14-19)34(37)38/h8-16,18,23-24H,7,17H2,1-6H3,(H,36,40)/t23-,24+,31+/m0/s1. The first-order valence-corrected chi connectivity index (χ1v) is 19.2. The van der Waals surface area contributed by atoms with Crippen LogP contribution in [0.1, 0.15) is 44.7 Å². The Balaban J connectivity index is 1.59. The minimum atomic E-state index is -2.27. The lowest BCUT2D eigenvalue weighted by atomic mass is 9.77. The van der Waals surface area contributed by atoms with Crippen LogP contribution in [-0.2, 0) is 20.4 Å². The second-order valence-corrected chi connectivity index (χ2v) is 19.8. The third kappa shape index (κ3) is 5.63. The van der Waals surface area contributed by atoms with Crippen molar-refractivity contribution in [2.45, 2.75) is 69.6 Å². The van der Waals surface area contributed by atoms with Crippen molar-refractivity contribution in [2.75, 3.05) is 0 Å². The number of β-lactam (4-membered cyclic amide) rings is 1. The van der Waals surface area contributed by atoms with E-state index in [1.165, 1.54) is 35.2 Å². The molecule has 0 N–H and O–H groups in total. The number of fused-ring (bicyclic) bond motifs is 1. The van der Waals surface area contributed by atoms with Gasteiger partial charge in [-0.2, -0.15) is 0 Å². The Bertz CT molecular complexity index is 1600. The molecule has 2 aliphatic rings. The molecule has 3 atom stereocenters. The average molecular weight is 654 g/mol. The van der Waals surface area contributed by atoms with Gasteiger partial charge in [0, 0.05) is 29.5 Å². The van der Waals surface area contributed by atoms with E-state index in [1.807, 2.05) is 42.6 Å². The van der Waals surface area contributed by atoms with Gasteiger partial charge in [0.1, 0.15) is 15.6 Å². The number of aromatic nitrogens is 1. The van der Waals surface area contributed by atoms with Crippen molar-refractivity contribution in [2.24, 2.45) is 5.92 Å². The summed E-state index contributed by atoms with van der Waals surface area (Å²) in [5.74, 6) is -0.715. The van der Waals surface area contributed by atoms with Gasteiger partial charge in [0.25, 0.3) is 5.69 Å². The van der Waals surface area contributed by atoms with Crippen LogP contribution in [0.25, 0.3) is 16.2 Å². The van der Waals surface area contributed by atoms with Crippen LogP contribution in [0.15, 0.2) is 65.7 Å². The number of non-ortho nitro benzene ring substituents is 1. The van der Waals surface area contributed by atoms with Crippen LogP contribution < -0.4 is 0 Å². The first-order valence-electron chi connectivity index (χ1n) is 14.1. The number of rotatable bonds is 10. The molecular formula is C31H35N3O5S3Si. The Hall–Kier alpha value is -2.77. The molecule has 0 radical (unpaired) electrons. The number of thiazole rings is 1. The monoisotopic (exact) mass is 653 g/mol. The maximum Gasteiger partial charge on any atom is 0.269 e. The van der Waals surface area contributed by atoms with Crippen molar-refractivity contribution in [3.8, 4) is 11.3 Å². The molecule has 8 nitrogen and oxygen atoms in total. The van der Waals surface area contributed by atoms with E-state index < -0.39 is 29.1 Å². The number of benzene rings is 2. The second-order valence-electron chi connectivity index (χ2n) is 12.4. The molecule has 3 heterocycles. The SMILES string of the molecule is CC[C@H](O[Si](C)(C)C(C)(C)C)[C@@H]1C(=O)N2C(C(=O)S)=C(c3nc(-c4ccccc4)cs3)S[C@]12Cc1ccc([N+](=O)[O-])cc1. The van der Waals surface area contributed by atoms with Crippen molar-refractivity contribution in [3.63, 3.8) is 0 Å². The summed E-state index contributed by atoms with van der Waals surface area (Å²) >= 11 is 7.12. The van der Waals surface area contributed by atoms with E-state index in [2.05, 4.69) is 46.5 Å². The average Bonchev–Trinajstić information content (AvgIpc) is 3.54. The molecule has 12 heteroatoms. The summed E-state index contributed by atoms with van der Waals surface area (Å²) in [5.41, 5.74) is 2.78. The number of carbonyl (C=O) groups excluding carboxylic acids is 2. The molecule has 43 heavy (non-hydrogen) atoms. The van der Waals surface area contributed by atoms with E-state index >= 15 is 0 Å². The third-order valence-corrected chi connectivity index (χ3v) is 15.9. The van der Waals surface area contributed by atoms with Gasteiger partial charge in [-0.25, -0.2) is 4.98 Å². The van der Waals surface area contributed by atoms with E-state index in [9.17, 15) is 19.7 Å². The van der Waals surface area contributed by atoms with Gasteiger partial charge in [0.2, 0.25) is 11.0 Å². The lowest BCUT2D eigenvalue weighted by molar-refractivity contribution is -0.384. The summed E-state index contributed by atoms with van der Waals surface area (Å²) in [6, 6.07) is 16.2. The number of hydrogen-bond acceptors (Lipinski definition) is 8. The maximum atomic E-state index is 14.2. The lowest BCUT2D eigenvalue weighted by Crippen LogP contribution is -2.72. The number of carbonyl (C=O) groups is 2. The van der Waals surface area contributed by atoms with Crippen LogP contribution in [0.5, 0.6) is 0 Å². The van der Waals surface area contributed by atoms with Gasteiger partial charge in [-0.1, -0.05) is 94.6 Å². The molecule has 1 saturated heterocycles. The molecule has 0 saturated carbocycles. The minimum absolute atomic E-state index is 0.00706. The Morgan fingerprint density at radius 3 is 2.40 bits per heavy atom. The smallest absolute Gasteiger partial charge is 0.269 e. The lowest BCUT2D eigenvalue weighted by Gasteiger charge is -2.57. The zero-order valence-corrected chi connectivity index (χ0v) is 28.5. The number of amides is 1. The number of nitro benzene ring substituents is 1. The van der Waals surface area contributed by atoms with Gasteiger partial charge < -0.3 is 4.43 Å². The van der Waals surface area contributed by atoms with E-state index in [-0.39, 0.29) is 28.4 Å². The highest BCUT2D eigenvalue weighted by molar-refractivity contribution is 8.10. The van der Waals surface area contributed by atoms with Gasteiger partial charge in [-0.3, -0.25) is 24.6 Å². The third-order valence-electron chi connectivity index (χ3n) is 8.67. The summed E-state index contributed by atoms with van der Waals surface area (Å²) in [4.78, 5) is 44.4. The summed E-state index contributed by atoms with van der Waals surface area (Å²) in [6.07, 6.45) is 0.616. The zero-order chi connectivity index (χ0) is 31.3. The van der Waals surface area contributed by atoms with Gasteiger partial charge >= 0.3 is 0 Å². The molecule has 1 fully saturated rings. The number of hydrogen-bond donors (Lipinski definition) is 1. The molecule has 0 spiro atoms. The number of thioether (sulfide) groups is 1. The summed E-state index contributed by atoms with van der Waals surface area (Å²) in [6.45, 7) is 12.9. The molecule has 1 aromatic heterocycles. The van der Waals surface area contributed by atoms with Crippen molar-refractivity contribution in [3.05, 3.63) is 86.4 Å². The van der Waals surface area contributed by atoms with Crippen LogP contribution in [0.3, 0.4) is 0 Å². The molecule has 0 unspecified atom stereocenters. The van der Waals surface area contributed by atoms with Crippen LogP contribution in [-0.4, -0.2) is 45.1 Å². The highest BCUT2D eigenvalue weighted by Gasteiger charge is 2.69. The summed E-state index contributed by atoms with van der Waals surface area (Å²) in [5, 5.41) is 13.3. The Morgan fingerprint density at radius 2 is 1.84 bits per heavy atom. The highest BCUT2D eigenvalue weighted by atomic mass is 32.2. The van der Waals surface area contributed by atoms with E-state index in [0.717, 1.165) is 16.8 Å². The van der Waals surface area contributed by atoms with Crippen molar-refractivity contribution in [1.29, 1.82) is 0 Å². The van der Waals surface area contributed by atoms with E-state index in [0.29, 0.717) is 22.8 Å². The van der Waals surface area contributed by atoms with Gasteiger partial charge in [-0.15, -0.1) is 11.3 Å². The maximum absolute atomic E-state index is 14.2. The number of nitro groups is 1. The van der Waals surface area contributed by atoms with Crippen molar-refractivity contribution in [1.82, 2.24) is 9.88 Å². The summed E-state index contributed by atoms with van der Waals surface area (Å²) in [7, 11) is -2.27. The predicted molar refractivity (Wildman–Crippen MR) is 178 cm³/mol. The molecule has 0 bridgehead atoms. The Morgan fingerprint density at radius 1 is 1.19 bits per heavy atom. The van der Waals surface area contributed by atoms with Crippen molar-refractivity contribution >= 4 is 65.7 Å². The second kappa shape index (κ2) is 11.6. The summed E-state index contributed by atoms with van der Waals surface area (Å²) < 4.78 is 6.90. The van der Waals surface area contributed by atoms with Crippen LogP contribution >= 0.6 is 35.7 Å². The van der Waals surface area contributed by atoms with Crippen LogP contribution in [0.4, 0.5) is 5.69 Å². The quantitative estimate of drug-likeness (QED) is 0.0784. The molecule has 5 rings (SSSR count). The molecule has 226 valence electrons. The fourth-order valence-corrected chi connectivity index (χ4v) is 9.82. The van der Waals surface area contributed by atoms with Gasteiger partial charge in [-0.05, 0) is 30.1 Å². The number of nitrogens with zero attached hydrogens (tertiary/aromatic N) is 3. The van der Waals surface area contributed by atoms with Crippen molar-refractivity contribution < 1.29 is 18.9 Å². The molecule has 0 aliphatic carbocycles. The molecule has 2 aromatic carbocycles. The van der Waals surface area contributed by atoms with E-state index in [1.54, 1.807) is 17.0 Å². The molecule has 2 aliphatic heterocycles. The van der Waals surface area contributed by atoms with Crippen LogP contribution in [0, 0.1) is 16.0 Å². The Kier molecular flexibility index (Phi) is 8.55. The topological polar surface area (TPSA) is 103 Å². The first kappa shape index (κ1) is 31.6. The highest BCUT2D eigenvalue weighted by Crippen LogP contribution is 2.64. The minimum Gasteiger partial charge on any atom is -0.413 e. The Labute approximate surface area is 266 Å². The van der Waals surface area contributed by atoms with Crippen LogP contribution in [0.2, 0.25) is 18.1 Å².